The fourth-order valence-corrected chi connectivity index (χ4v) is 1.42. The molecule has 2 nitrogen and oxygen atoms in total. The van der Waals surface area contributed by atoms with Gasteiger partial charge in [0.05, 0.1) is 0 Å². The molecule has 1 rings (SSSR count). The summed E-state index contributed by atoms with van der Waals surface area (Å²) in [6.45, 7) is 5.23. The highest BCUT2D eigenvalue weighted by molar-refractivity contribution is 6.31. The molecule has 0 heterocycles. The summed E-state index contributed by atoms with van der Waals surface area (Å²) in [5, 5.41) is 3.84. The molecule has 0 aliphatic rings. The highest BCUT2D eigenvalue weighted by Gasteiger charge is 2.03. The Morgan fingerprint density at radius 3 is 2.71 bits per heavy atom. The molecule has 14 heavy (non-hydrogen) atoms. The molecule has 0 aromatic heterocycles. The van der Waals surface area contributed by atoms with Crippen LogP contribution in [0.15, 0.2) is 18.2 Å². The van der Waals surface area contributed by atoms with Gasteiger partial charge in [-0.2, -0.15) is 0 Å². The van der Waals surface area contributed by atoms with Gasteiger partial charge >= 0.3 is 0 Å². The van der Waals surface area contributed by atoms with Crippen LogP contribution in [0.25, 0.3) is 0 Å². The molecule has 1 aromatic rings. The number of Topliss-reactive ketones (excluding diaryl/α,β-unsaturated/α-hetero) is 1. The zero-order chi connectivity index (χ0) is 10.6. The normalized spacial score (nSPS) is 10.2. The first-order chi connectivity index (χ1) is 6.65. The van der Waals surface area contributed by atoms with Crippen molar-refractivity contribution in [2.24, 2.45) is 0 Å². The van der Waals surface area contributed by atoms with Crippen LogP contribution in [0.4, 0.5) is 0 Å². The minimum atomic E-state index is 0.0434. The molecule has 1 N–H and O–H groups in total. The lowest BCUT2D eigenvalue weighted by Gasteiger charge is -2.05. The Labute approximate surface area is 89.3 Å². The predicted molar refractivity (Wildman–Crippen MR) is 58.8 cm³/mol. The van der Waals surface area contributed by atoms with Crippen LogP contribution in [0.2, 0.25) is 5.02 Å². The number of hydrogen-bond acceptors (Lipinski definition) is 2. The first-order valence-electron chi connectivity index (χ1n) is 4.65. The molecule has 0 radical (unpaired) electrons. The van der Waals surface area contributed by atoms with E-state index in [1.807, 2.05) is 13.0 Å². The van der Waals surface area contributed by atoms with Crippen molar-refractivity contribution in [1.29, 1.82) is 0 Å². The Morgan fingerprint density at radius 1 is 1.50 bits per heavy atom. The minimum Gasteiger partial charge on any atom is -0.313 e. The highest BCUT2D eigenvalue weighted by Crippen LogP contribution is 2.18. The van der Waals surface area contributed by atoms with Crippen LogP contribution in [0.1, 0.15) is 29.8 Å². The van der Waals surface area contributed by atoms with Crippen molar-refractivity contribution in [2.75, 3.05) is 6.54 Å². The van der Waals surface area contributed by atoms with Gasteiger partial charge in [0.15, 0.2) is 5.78 Å². The van der Waals surface area contributed by atoms with Gasteiger partial charge in [0.2, 0.25) is 0 Å². The second-order valence-electron chi connectivity index (χ2n) is 3.14. The largest absolute Gasteiger partial charge is 0.313 e. The number of carbonyl (C=O) groups is 1. The molecule has 0 spiro atoms. The summed E-state index contributed by atoms with van der Waals surface area (Å²) in [6.07, 6.45) is 0. The molecule has 0 amide bonds. The summed E-state index contributed by atoms with van der Waals surface area (Å²) in [7, 11) is 0. The van der Waals surface area contributed by atoms with E-state index in [0.29, 0.717) is 10.6 Å². The number of halogens is 1. The average molecular weight is 212 g/mol. The monoisotopic (exact) mass is 211 g/mol. The van der Waals surface area contributed by atoms with Crippen LogP contribution in [-0.4, -0.2) is 12.3 Å². The topological polar surface area (TPSA) is 29.1 Å². The van der Waals surface area contributed by atoms with Gasteiger partial charge < -0.3 is 5.32 Å². The summed E-state index contributed by atoms with van der Waals surface area (Å²) in [5.74, 6) is 0.0434. The van der Waals surface area contributed by atoms with E-state index in [2.05, 4.69) is 5.32 Å². The molecule has 0 aliphatic carbocycles. The van der Waals surface area contributed by atoms with Crippen molar-refractivity contribution in [3.05, 3.63) is 34.3 Å². The van der Waals surface area contributed by atoms with E-state index < -0.39 is 0 Å². The molecule has 0 saturated carbocycles. The molecular weight excluding hydrogens is 198 g/mol. The SMILES string of the molecule is CCNCc1ccc(C(C)=O)cc1Cl. The van der Waals surface area contributed by atoms with Crippen molar-refractivity contribution >= 4 is 17.4 Å². The number of hydrogen-bond donors (Lipinski definition) is 1. The van der Waals surface area contributed by atoms with Crippen molar-refractivity contribution in [3.63, 3.8) is 0 Å². The average Bonchev–Trinajstić information content (AvgIpc) is 2.15. The van der Waals surface area contributed by atoms with Gasteiger partial charge in [-0.25, -0.2) is 0 Å². The van der Waals surface area contributed by atoms with Gasteiger partial charge in [0.25, 0.3) is 0 Å². The Morgan fingerprint density at radius 2 is 2.21 bits per heavy atom. The second-order valence-corrected chi connectivity index (χ2v) is 3.55. The Balaban J connectivity index is 2.84. The first kappa shape index (κ1) is 11.2. The number of ketones is 1. The van der Waals surface area contributed by atoms with Crippen LogP contribution < -0.4 is 5.32 Å². The quantitative estimate of drug-likeness (QED) is 0.776. The Hall–Kier alpha value is -0.860. The zero-order valence-electron chi connectivity index (χ0n) is 8.43. The molecule has 0 unspecified atom stereocenters. The van der Waals surface area contributed by atoms with Crippen LogP contribution in [0, 0.1) is 0 Å². The first-order valence-corrected chi connectivity index (χ1v) is 5.03. The zero-order valence-corrected chi connectivity index (χ0v) is 9.19. The van der Waals surface area contributed by atoms with E-state index in [9.17, 15) is 4.79 Å². The highest BCUT2D eigenvalue weighted by atomic mass is 35.5. The van der Waals surface area contributed by atoms with E-state index in [0.717, 1.165) is 18.7 Å². The number of carbonyl (C=O) groups excluding carboxylic acids is 1. The molecule has 0 fully saturated rings. The summed E-state index contributed by atoms with van der Waals surface area (Å²) in [5.41, 5.74) is 1.69. The third-order valence-corrected chi connectivity index (χ3v) is 2.38. The number of rotatable bonds is 4. The molecule has 0 saturated heterocycles. The summed E-state index contributed by atoms with van der Waals surface area (Å²) in [6, 6.07) is 5.42. The summed E-state index contributed by atoms with van der Waals surface area (Å²) >= 11 is 6.02. The molecular formula is C11H14ClNO. The van der Waals surface area contributed by atoms with Crippen molar-refractivity contribution in [3.8, 4) is 0 Å². The van der Waals surface area contributed by atoms with Gasteiger partial charge in [-0.15, -0.1) is 0 Å². The predicted octanol–water partition coefficient (Wildman–Crippen LogP) is 2.65. The number of nitrogens with one attached hydrogen (secondary N) is 1. The fraction of sp³-hybridized carbons (Fsp3) is 0.364. The standard InChI is InChI=1S/C11H14ClNO/c1-3-13-7-10-5-4-9(8(2)14)6-11(10)12/h4-6,13H,3,7H2,1-2H3. The van der Waals surface area contributed by atoms with Gasteiger partial charge in [-0.3, -0.25) is 4.79 Å². The van der Waals surface area contributed by atoms with Crippen LogP contribution in [0.3, 0.4) is 0 Å². The Bertz CT molecular complexity index is 336. The maximum Gasteiger partial charge on any atom is 0.159 e. The molecule has 0 aliphatic heterocycles. The molecule has 3 heteroatoms. The van der Waals surface area contributed by atoms with Crippen molar-refractivity contribution in [2.45, 2.75) is 20.4 Å². The number of benzene rings is 1. The van der Waals surface area contributed by atoms with Gasteiger partial charge in [0, 0.05) is 17.1 Å². The maximum absolute atomic E-state index is 11.0. The fourth-order valence-electron chi connectivity index (χ4n) is 1.17. The second kappa shape index (κ2) is 5.13. The van der Waals surface area contributed by atoms with E-state index >= 15 is 0 Å². The van der Waals surface area contributed by atoms with Crippen molar-refractivity contribution < 1.29 is 4.79 Å². The van der Waals surface area contributed by atoms with Gasteiger partial charge in [-0.1, -0.05) is 30.7 Å². The van der Waals surface area contributed by atoms with Gasteiger partial charge in [0.1, 0.15) is 0 Å². The van der Waals surface area contributed by atoms with Crippen LogP contribution in [0.5, 0.6) is 0 Å². The Kier molecular flexibility index (Phi) is 4.11. The third-order valence-electron chi connectivity index (χ3n) is 2.03. The lowest BCUT2D eigenvalue weighted by Crippen LogP contribution is -2.12. The van der Waals surface area contributed by atoms with E-state index in [1.165, 1.54) is 6.92 Å². The van der Waals surface area contributed by atoms with Crippen molar-refractivity contribution in [1.82, 2.24) is 5.32 Å². The van der Waals surface area contributed by atoms with Crippen LogP contribution in [-0.2, 0) is 6.54 Å². The third kappa shape index (κ3) is 2.82. The molecule has 0 bridgehead atoms. The minimum absolute atomic E-state index is 0.0434. The molecule has 0 atom stereocenters. The van der Waals surface area contributed by atoms with Gasteiger partial charge in [-0.05, 0) is 25.1 Å². The van der Waals surface area contributed by atoms with E-state index in [1.54, 1.807) is 12.1 Å². The summed E-state index contributed by atoms with van der Waals surface area (Å²) < 4.78 is 0. The maximum atomic E-state index is 11.0. The smallest absolute Gasteiger partial charge is 0.159 e. The lowest BCUT2D eigenvalue weighted by atomic mass is 10.1. The molecule has 76 valence electrons. The lowest BCUT2D eigenvalue weighted by molar-refractivity contribution is 0.101. The van der Waals surface area contributed by atoms with E-state index in [4.69, 9.17) is 11.6 Å². The van der Waals surface area contributed by atoms with Crippen LogP contribution >= 0.6 is 11.6 Å². The van der Waals surface area contributed by atoms with E-state index in [-0.39, 0.29) is 5.78 Å². The molecule has 1 aromatic carbocycles. The summed E-state index contributed by atoms with van der Waals surface area (Å²) in [4.78, 5) is 11.0.